The number of aromatic hydroxyl groups is 2. The average molecular weight is 398 g/mol. The maximum Gasteiger partial charge on any atom is 0.298 e. The molecule has 0 saturated heterocycles. The second kappa shape index (κ2) is 7.73. The number of anilines is 1. The minimum atomic E-state index is -4.41. The molecule has 4 aromatic carbocycles. The summed E-state index contributed by atoms with van der Waals surface area (Å²) in [4.78, 5) is -0.444. The molecule has 0 radical (unpaired) electrons. The van der Waals surface area contributed by atoms with E-state index in [0.29, 0.717) is 16.5 Å². The molecule has 0 bridgehead atoms. The molecule has 0 heterocycles. The minimum absolute atomic E-state index is 0.168. The zero-order valence-electron chi connectivity index (χ0n) is 14.6. The molecular formula is C20H18N2O5S. The van der Waals surface area contributed by atoms with Gasteiger partial charge in [0.2, 0.25) is 0 Å². The van der Waals surface area contributed by atoms with Crippen LogP contribution in [-0.4, -0.2) is 23.2 Å². The summed E-state index contributed by atoms with van der Waals surface area (Å²) in [6, 6.07) is 20.6. The third-order valence-electron chi connectivity index (χ3n) is 4.17. The molecule has 28 heavy (non-hydrogen) atoms. The van der Waals surface area contributed by atoms with E-state index in [1.165, 1.54) is 12.1 Å². The third-order valence-corrected chi connectivity index (χ3v) is 5.11. The number of hydrazine groups is 1. The Morgan fingerprint density at radius 2 is 1.21 bits per heavy atom. The van der Waals surface area contributed by atoms with Gasteiger partial charge in [-0.25, -0.2) is 0 Å². The monoisotopic (exact) mass is 398 g/mol. The molecule has 0 amide bonds. The fraction of sp³-hybridized carbons (Fsp3) is 0. The Balaban J connectivity index is 0.000000162. The Bertz CT molecular complexity index is 1260. The summed E-state index contributed by atoms with van der Waals surface area (Å²) >= 11 is 0. The molecule has 0 unspecified atom stereocenters. The molecule has 4 rings (SSSR count). The van der Waals surface area contributed by atoms with Crippen LogP contribution in [-0.2, 0) is 10.1 Å². The van der Waals surface area contributed by atoms with Crippen molar-refractivity contribution in [3.05, 3.63) is 72.8 Å². The Kier molecular flexibility index (Phi) is 5.36. The van der Waals surface area contributed by atoms with Crippen molar-refractivity contribution in [2.45, 2.75) is 4.90 Å². The molecule has 0 saturated carbocycles. The van der Waals surface area contributed by atoms with Crippen molar-refractivity contribution in [2.24, 2.45) is 5.84 Å². The fourth-order valence-corrected chi connectivity index (χ4v) is 3.71. The molecule has 0 atom stereocenters. The topological polar surface area (TPSA) is 133 Å². The van der Waals surface area contributed by atoms with E-state index in [0.717, 1.165) is 10.8 Å². The first-order chi connectivity index (χ1) is 13.3. The van der Waals surface area contributed by atoms with Gasteiger partial charge in [0.15, 0.2) is 0 Å². The molecule has 0 fully saturated rings. The Hall–Kier alpha value is -3.33. The molecule has 7 nitrogen and oxygen atoms in total. The van der Waals surface area contributed by atoms with E-state index < -0.39 is 20.8 Å². The van der Waals surface area contributed by atoms with Gasteiger partial charge in [0, 0.05) is 10.8 Å². The molecule has 0 aromatic heterocycles. The van der Waals surface area contributed by atoms with Crippen LogP contribution >= 0.6 is 0 Å². The lowest BCUT2D eigenvalue weighted by molar-refractivity contribution is 0.445. The van der Waals surface area contributed by atoms with Crippen molar-refractivity contribution >= 4 is 37.4 Å². The number of nitrogen functional groups attached to an aromatic ring is 1. The largest absolute Gasteiger partial charge is 0.506 e. The van der Waals surface area contributed by atoms with E-state index in [4.69, 9.17) is 10.4 Å². The van der Waals surface area contributed by atoms with Gasteiger partial charge < -0.3 is 15.6 Å². The number of rotatable bonds is 2. The number of hydrogen-bond donors (Lipinski definition) is 5. The van der Waals surface area contributed by atoms with E-state index in [9.17, 15) is 18.6 Å². The number of fused-ring (bicyclic) bond motifs is 2. The van der Waals surface area contributed by atoms with Crippen LogP contribution in [0.5, 0.6) is 11.5 Å². The zero-order chi connectivity index (χ0) is 20.3. The van der Waals surface area contributed by atoms with Crippen molar-refractivity contribution in [1.29, 1.82) is 0 Å². The Morgan fingerprint density at radius 1 is 0.714 bits per heavy atom. The van der Waals surface area contributed by atoms with Gasteiger partial charge in [-0.1, -0.05) is 60.7 Å². The van der Waals surface area contributed by atoms with Gasteiger partial charge in [0.05, 0.1) is 5.69 Å². The van der Waals surface area contributed by atoms with E-state index >= 15 is 0 Å². The zero-order valence-corrected chi connectivity index (χ0v) is 15.4. The maximum atomic E-state index is 11.1. The SMILES string of the molecule is NNc1c(O)ccc2ccccc12.O=S(=O)(O)c1c(O)ccc2ccccc12. The van der Waals surface area contributed by atoms with Crippen molar-refractivity contribution in [1.82, 2.24) is 0 Å². The fourth-order valence-electron chi connectivity index (χ4n) is 2.91. The van der Waals surface area contributed by atoms with Gasteiger partial charge in [-0.3, -0.25) is 10.4 Å². The summed E-state index contributed by atoms with van der Waals surface area (Å²) < 4.78 is 31.1. The van der Waals surface area contributed by atoms with Gasteiger partial charge in [-0.15, -0.1) is 0 Å². The van der Waals surface area contributed by atoms with Crippen LogP contribution in [0.4, 0.5) is 5.69 Å². The van der Waals surface area contributed by atoms with Gasteiger partial charge >= 0.3 is 0 Å². The molecule has 0 aliphatic heterocycles. The van der Waals surface area contributed by atoms with E-state index in [2.05, 4.69) is 5.43 Å². The Morgan fingerprint density at radius 3 is 1.79 bits per heavy atom. The number of phenols is 2. The molecule has 0 aliphatic carbocycles. The molecule has 6 N–H and O–H groups in total. The second-order valence-electron chi connectivity index (χ2n) is 5.94. The third kappa shape index (κ3) is 3.84. The van der Waals surface area contributed by atoms with Crippen LogP contribution in [0, 0.1) is 0 Å². The first-order valence-corrected chi connectivity index (χ1v) is 9.62. The first kappa shape index (κ1) is 19.4. The summed E-state index contributed by atoms with van der Waals surface area (Å²) in [7, 11) is -4.41. The van der Waals surface area contributed by atoms with E-state index in [1.54, 1.807) is 30.3 Å². The van der Waals surface area contributed by atoms with Crippen molar-refractivity contribution in [3.8, 4) is 11.5 Å². The van der Waals surface area contributed by atoms with Crippen molar-refractivity contribution in [2.75, 3.05) is 5.43 Å². The first-order valence-electron chi connectivity index (χ1n) is 8.18. The predicted molar refractivity (Wildman–Crippen MR) is 109 cm³/mol. The van der Waals surface area contributed by atoms with Crippen LogP contribution in [0.15, 0.2) is 77.7 Å². The normalized spacial score (nSPS) is 11.1. The minimum Gasteiger partial charge on any atom is -0.506 e. The summed E-state index contributed by atoms with van der Waals surface area (Å²) in [5, 5.41) is 21.8. The number of phenolic OH excluding ortho intramolecular Hbond substituents is 2. The second-order valence-corrected chi connectivity index (χ2v) is 7.29. The summed E-state index contributed by atoms with van der Waals surface area (Å²) in [5.74, 6) is 5.03. The lowest BCUT2D eigenvalue weighted by Gasteiger charge is -2.07. The standard InChI is InChI=1S/C10H10N2O.C10H8O4S/c11-12-10-8-4-2-1-3-7(8)5-6-9(10)13;11-9-6-5-7-3-1-2-4-8(7)10(9)15(12,13)14/h1-6,12-13H,11H2;1-6,11H,(H,12,13,14). The number of hydrogen-bond acceptors (Lipinski definition) is 6. The van der Waals surface area contributed by atoms with Crippen LogP contribution < -0.4 is 11.3 Å². The molecule has 4 aromatic rings. The smallest absolute Gasteiger partial charge is 0.298 e. The summed E-state index contributed by atoms with van der Waals surface area (Å²) in [5.41, 5.74) is 3.06. The maximum absolute atomic E-state index is 11.1. The summed E-state index contributed by atoms with van der Waals surface area (Å²) in [6.07, 6.45) is 0. The highest BCUT2D eigenvalue weighted by molar-refractivity contribution is 7.86. The highest BCUT2D eigenvalue weighted by atomic mass is 32.2. The van der Waals surface area contributed by atoms with Gasteiger partial charge in [0.25, 0.3) is 10.1 Å². The average Bonchev–Trinajstić information content (AvgIpc) is 2.67. The molecular weight excluding hydrogens is 380 g/mol. The predicted octanol–water partition coefficient (Wildman–Crippen LogP) is 3.62. The molecule has 0 aliphatic rings. The highest BCUT2D eigenvalue weighted by Gasteiger charge is 2.18. The highest BCUT2D eigenvalue weighted by Crippen LogP contribution is 2.31. The van der Waals surface area contributed by atoms with Crippen molar-refractivity contribution in [3.63, 3.8) is 0 Å². The van der Waals surface area contributed by atoms with Gasteiger partial charge in [-0.05, 0) is 22.9 Å². The van der Waals surface area contributed by atoms with Crippen LogP contribution in [0.3, 0.4) is 0 Å². The van der Waals surface area contributed by atoms with E-state index in [1.807, 2.05) is 30.3 Å². The number of nitrogens with one attached hydrogen (secondary N) is 1. The van der Waals surface area contributed by atoms with Gasteiger partial charge in [0.1, 0.15) is 16.4 Å². The quantitative estimate of drug-likeness (QED) is 0.151. The number of nitrogens with two attached hydrogens (primary N) is 1. The lowest BCUT2D eigenvalue weighted by atomic mass is 10.1. The summed E-state index contributed by atoms with van der Waals surface area (Å²) in [6.45, 7) is 0. The van der Waals surface area contributed by atoms with Crippen LogP contribution in [0.2, 0.25) is 0 Å². The molecule has 8 heteroatoms. The van der Waals surface area contributed by atoms with Crippen LogP contribution in [0.25, 0.3) is 21.5 Å². The lowest BCUT2D eigenvalue weighted by Crippen LogP contribution is -2.07. The van der Waals surface area contributed by atoms with E-state index in [-0.39, 0.29) is 5.75 Å². The Labute approximate surface area is 161 Å². The molecule has 144 valence electrons. The number of benzene rings is 4. The van der Waals surface area contributed by atoms with Crippen LogP contribution in [0.1, 0.15) is 0 Å². The molecule has 0 spiro atoms. The van der Waals surface area contributed by atoms with Crippen molar-refractivity contribution < 1.29 is 23.2 Å². The van der Waals surface area contributed by atoms with Gasteiger partial charge in [-0.2, -0.15) is 8.42 Å².